The first-order valence-electron chi connectivity index (χ1n) is 9.41. The summed E-state index contributed by atoms with van der Waals surface area (Å²) in [6, 6.07) is 13.0. The lowest BCUT2D eigenvalue weighted by atomic mass is 10.2. The van der Waals surface area contributed by atoms with E-state index in [2.05, 4.69) is 0 Å². The van der Waals surface area contributed by atoms with Gasteiger partial charge in [0.05, 0.1) is 4.90 Å². The van der Waals surface area contributed by atoms with Crippen LogP contribution in [0.15, 0.2) is 47.4 Å². The lowest BCUT2D eigenvalue weighted by Crippen LogP contribution is -2.30. The van der Waals surface area contributed by atoms with Crippen LogP contribution in [0, 0.1) is 0 Å². The van der Waals surface area contributed by atoms with Gasteiger partial charge in [0.15, 0.2) is 0 Å². The van der Waals surface area contributed by atoms with Crippen molar-refractivity contribution >= 4 is 27.3 Å². The first-order valence-corrected chi connectivity index (χ1v) is 10.9. The van der Waals surface area contributed by atoms with E-state index in [1.54, 1.807) is 23.1 Å². The molecule has 28 heavy (non-hydrogen) atoms. The van der Waals surface area contributed by atoms with E-state index in [1.807, 2.05) is 50.2 Å². The summed E-state index contributed by atoms with van der Waals surface area (Å²) in [7, 11) is 0.327. The third kappa shape index (κ3) is 3.91. The smallest absolute Gasteiger partial charge is 0.243 e. The van der Waals surface area contributed by atoms with Crippen molar-refractivity contribution in [3.05, 3.63) is 53.6 Å². The summed E-state index contributed by atoms with van der Waals surface area (Å²) in [5.41, 5.74) is 3.74. The molecule has 7 heteroatoms. The number of carbonyl (C=O) groups is 1. The molecular formula is C21H27N3O3S. The van der Waals surface area contributed by atoms with Gasteiger partial charge in [0.25, 0.3) is 0 Å². The largest absolute Gasteiger partial charge is 0.378 e. The molecule has 0 bridgehead atoms. The highest BCUT2D eigenvalue weighted by Crippen LogP contribution is 2.31. The molecular weight excluding hydrogens is 374 g/mol. The fourth-order valence-corrected chi connectivity index (χ4v) is 4.97. The average molecular weight is 402 g/mol. The molecule has 3 rings (SSSR count). The molecule has 0 fully saturated rings. The summed E-state index contributed by atoms with van der Waals surface area (Å²) < 4.78 is 27.9. The van der Waals surface area contributed by atoms with Gasteiger partial charge in [0.2, 0.25) is 15.9 Å². The molecule has 0 spiro atoms. The Bertz CT molecular complexity index is 969. The van der Waals surface area contributed by atoms with E-state index in [-0.39, 0.29) is 10.8 Å². The van der Waals surface area contributed by atoms with Crippen molar-refractivity contribution in [2.24, 2.45) is 0 Å². The van der Waals surface area contributed by atoms with Gasteiger partial charge in [-0.2, -0.15) is 4.31 Å². The predicted molar refractivity (Wildman–Crippen MR) is 112 cm³/mol. The van der Waals surface area contributed by atoms with E-state index < -0.39 is 10.0 Å². The zero-order valence-corrected chi connectivity index (χ0v) is 17.7. The number of nitrogens with zero attached hydrogens (tertiary/aromatic N) is 3. The molecule has 2 aromatic rings. The molecule has 0 aromatic heterocycles. The molecule has 1 aliphatic rings. The summed E-state index contributed by atoms with van der Waals surface area (Å²) in [6.45, 7) is 4.68. The summed E-state index contributed by atoms with van der Waals surface area (Å²) in [5, 5.41) is 0. The van der Waals surface area contributed by atoms with Gasteiger partial charge < -0.3 is 9.80 Å². The molecule has 1 heterocycles. The van der Waals surface area contributed by atoms with E-state index in [0.29, 0.717) is 26.1 Å². The maximum atomic E-state index is 13.2. The number of amides is 1. The van der Waals surface area contributed by atoms with E-state index >= 15 is 0 Å². The van der Waals surface area contributed by atoms with Crippen molar-refractivity contribution in [3.63, 3.8) is 0 Å². The topological polar surface area (TPSA) is 60.9 Å². The molecule has 0 radical (unpaired) electrons. The van der Waals surface area contributed by atoms with Crippen LogP contribution in [-0.2, 0) is 27.8 Å². The Morgan fingerprint density at radius 3 is 2.36 bits per heavy atom. The lowest BCUT2D eigenvalue weighted by molar-refractivity contribution is -0.116. The second-order valence-corrected chi connectivity index (χ2v) is 9.14. The number of fused-ring (bicyclic) bond motifs is 1. The van der Waals surface area contributed by atoms with Crippen molar-refractivity contribution in [1.82, 2.24) is 4.31 Å². The van der Waals surface area contributed by atoms with Gasteiger partial charge >= 0.3 is 0 Å². The minimum absolute atomic E-state index is 0.0225. The molecule has 6 nitrogen and oxygen atoms in total. The van der Waals surface area contributed by atoms with Crippen LogP contribution in [0.5, 0.6) is 0 Å². The average Bonchev–Trinajstić information content (AvgIpc) is 3.09. The van der Waals surface area contributed by atoms with Crippen LogP contribution in [0.2, 0.25) is 0 Å². The van der Waals surface area contributed by atoms with Gasteiger partial charge in [-0.1, -0.05) is 19.1 Å². The Balaban J connectivity index is 1.85. The number of hydrogen-bond donors (Lipinski definition) is 0. The molecule has 1 amide bonds. The van der Waals surface area contributed by atoms with Crippen LogP contribution in [0.25, 0.3) is 0 Å². The highest BCUT2D eigenvalue weighted by Gasteiger charge is 2.27. The highest BCUT2D eigenvalue weighted by molar-refractivity contribution is 7.89. The number of carbonyl (C=O) groups excluding carboxylic acids is 1. The van der Waals surface area contributed by atoms with Crippen LogP contribution in [0.3, 0.4) is 0 Å². The van der Waals surface area contributed by atoms with Crippen LogP contribution in [0.4, 0.5) is 11.4 Å². The maximum absolute atomic E-state index is 13.2. The predicted octanol–water partition coefficient (Wildman–Crippen LogP) is 2.87. The van der Waals surface area contributed by atoms with E-state index in [1.165, 1.54) is 11.2 Å². The lowest BCUT2D eigenvalue weighted by Gasteiger charge is -2.22. The third-order valence-corrected chi connectivity index (χ3v) is 7.05. The Morgan fingerprint density at radius 2 is 1.79 bits per heavy atom. The molecule has 1 aliphatic heterocycles. The summed E-state index contributed by atoms with van der Waals surface area (Å²) in [6.07, 6.45) is 0.677. The normalized spacial score (nSPS) is 13.7. The fraction of sp³-hybridized carbons (Fsp3) is 0.381. The monoisotopic (exact) mass is 401 g/mol. The standard InChI is InChI=1S/C21H27N3O3S/c1-5-23(15-17-6-8-19(9-7-17)22(3)4)28(26,27)20-10-11-21-18(14-20)12-13-24(21)16(2)25/h6-11,14H,5,12-13,15H2,1-4H3. The second kappa shape index (κ2) is 7.93. The molecule has 2 aromatic carbocycles. The minimum atomic E-state index is -3.62. The summed E-state index contributed by atoms with van der Waals surface area (Å²) in [4.78, 5) is 15.7. The molecule has 0 atom stereocenters. The van der Waals surface area contributed by atoms with Gasteiger partial charge in [-0.05, 0) is 47.9 Å². The molecule has 0 unspecified atom stereocenters. The SMILES string of the molecule is CCN(Cc1ccc(N(C)C)cc1)S(=O)(=O)c1ccc2c(c1)CCN2C(C)=O. The van der Waals surface area contributed by atoms with Gasteiger partial charge in [0.1, 0.15) is 0 Å². The zero-order valence-electron chi connectivity index (χ0n) is 16.8. The number of rotatable bonds is 6. The highest BCUT2D eigenvalue weighted by atomic mass is 32.2. The Hall–Kier alpha value is -2.38. The van der Waals surface area contributed by atoms with Crippen molar-refractivity contribution in [3.8, 4) is 0 Å². The van der Waals surface area contributed by atoms with Crippen LogP contribution >= 0.6 is 0 Å². The van der Waals surface area contributed by atoms with Gasteiger partial charge in [-0.25, -0.2) is 8.42 Å². The van der Waals surface area contributed by atoms with Crippen LogP contribution in [-0.4, -0.2) is 45.8 Å². The van der Waals surface area contributed by atoms with Crippen molar-refractivity contribution in [1.29, 1.82) is 0 Å². The maximum Gasteiger partial charge on any atom is 0.243 e. The van der Waals surface area contributed by atoms with E-state index in [0.717, 1.165) is 22.5 Å². The third-order valence-electron chi connectivity index (χ3n) is 5.13. The Morgan fingerprint density at radius 1 is 1.11 bits per heavy atom. The number of anilines is 2. The molecule has 0 N–H and O–H groups in total. The van der Waals surface area contributed by atoms with Crippen LogP contribution < -0.4 is 9.80 Å². The van der Waals surface area contributed by atoms with E-state index in [4.69, 9.17) is 0 Å². The summed E-state index contributed by atoms with van der Waals surface area (Å²) >= 11 is 0. The zero-order chi connectivity index (χ0) is 20.5. The minimum Gasteiger partial charge on any atom is -0.378 e. The van der Waals surface area contributed by atoms with Gasteiger partial charge in [-0.15, -0.1) is 0 Å². The van der Waals surface area contributed by atoms with Crippen molar-refractivity contribution in [2.75, 3.05) is 37.0 Å². The first-order chi connectivity index (χ1) is 13.2. The number of sulfonamides is 1. The molecule has 150 valence electrons. The van der Waals surface area contributed by atoms with Gasteiger partial charge in [0, 0.05) is 52.0 Å². The quantitative estimate of drug-likeness (QED) is 0.747. The number of benzene rings is 2. The second-order valence-electron chi connectivity index (χ2n) is 7.20. The molecule has 0 saturated carbocycles. The Kier molecular flexibility index (Phi) is 5.76. The Labute approximate surface area is 167 Å². The van der Waals surface area contributed by atoms with Crippen LogP contribution in [0.1, 0.15) is 25.0 Å². The summed E-state index contributed by atoms with van der Waals surface area (Å²) in [5.74, 6) is -0.0225. The molecule has 0 saturated heterocycles. The molecule has 0 aliphatic carbocycles. The van der Waals surface area contributed by atoms with Crippen molar-refractivity contribution < 1.29 is 13.2 Å². The first kappa shape index (κ1) is 20.4. The van der Waals surface area contributed by atoms with Gasteiger partial charge in [-0.3, -0.25) is 4.79 Å². The number of hydrogen-bond acceptors (Lipinski definition) is 4. The van der Waals surface area contributed by atoms with E-state index in [9.17, 15) is 13.2 Å². The van der Waals surface area contributed by atoms with Crippen molar-refractivity contribution in [2.45, 2.75) is 31.7 Å². The fourth-order valence-electron chi connectivity index (χ4n) is 3.48.